The molecular weight excluding hydrogens is 214 g/mol. The molecule has 3 nitrogen and oxygen atoms in total. The summed E-state index contributed by atoms with van der Waals surface area (Å²) < 4.78 is 0. The third-order valence-corrected chi connectivity index (χ3v) is 2.74. The van der Waals surface area contributed by atoms with Crippen molar-refractivity contribution in [2.75, 3.05) is 0 Å². The van der Waals surface area contributed by atoms with E-state index in [2.05, 4.69) is 24.4 Å². The minimum absolute atomic E-state index is 0.228. The topological polar surface area (TPSA) is 49.3 Å². The fourth-order valence-electron chi connectivity index (χ4n) is 1.94. The van der Waals surface area contributed by atoms with Crippen LogP contribution >= 0.6 is 0 Å². The quantitative estimate of drug-likeness (QED) is 0.763. The van der Waals surface area contributed by atoms with Gasteiger partial charge in [0.15, 0.2) is 0 Å². The molecule has 1 aromatic carbocycles. The largest absolute Gasteiger partial charge is 0.481 e. The van der Waals surface area contributed by atoms with Gasteiger partial charge in [-0.05, 0) is 32.3 Å². The van der Waals surface area contributed by atoms with Gasteiger partial charge in [-0.2, -0.15) is 0 Å². The fourth-order valence-corrected chi connectivity index (χ4v) is 1.94. The van der Waals surface area contributed by atoms with E-state index in [-0.39, 0.29) is 12.5 Å². The molecule has 0 aliphatic rings. The molecule has 94 valence electrons. The zero-order valence-corrected chi connectivity index (χ0v) is 10.5. The third kappa shape index (κ3) is 6.07. The first-order valence-electron chi connectivity index (χ1n) is 6.09. The standard InChI is InChI=1S/C14H21NO2/c1-11(8-9-14(16)17)15-12(2)10-13-6-4-3-5-7-13/h3-7,11-12,15H,8-10H2,1-2H3,(H,16,17). The lowest BCUT2D eigenvalue weighted by molar-refractivity contribution is -0.137. The average molecular weight is 235 g/mol. The molecule has 1 aromatic rings. The first-order chi connectivity index (χ1) is 8.08. The van der Waals surface area contributed by atoms with E-state index >= 15 is 0 Å². The summed E-state index contributed by atoms with van der Waals surface area (Å²) in [5.41, 5.74) is 1.30. The van der Waals surface area contributed by atoms with Crippen LogP contribution in [0.25, 0.3) is 0 Å². The molecule has 2 unspecified atom stereocenters. The van der Waals surface area contributed by atoms with Crippen LogP contribution in [0.4, 0.5) is 0 Å². The summed E-state index contributed by atoms with van der Waals surface area (Å²) in [7, 11) is 0. The average Bonchev–Trinajstić information content (AvgIpc) is 2.27. The van der Waals surface area contributed by atoms with Gasteiger partial charge >= 0.3 is 5.97 Å². The highest BCUT2D eigenvalue weighted by molar-refractivity contribution is 5.66. The van der Waals surface area contributed by atoms with Crippen molar-refractivity contribution >= 4 is 5.97 Å². The van der Waals surface area contributed by atoms with E-state index in [1.165, 1.54) is 5.56 Å². The molecule has 17 heavy (non-hydrogen) atoms. The lowest BCUT2D eigenvalue weighted by Crippen LogP contribution is -2.36. The van der Waals surface area contributed by atoms with Crippen molar-refractivity contribution in [3.63, 3.8) is 0 Å². The number of carboxylic acid groups (broad SMARTS) is 1. The van der Waals surface area contributed by atoms with E-state index in [1.54, 1.807) is 0 Å². The van der Waals surface area contributed by atoms with Crippen molar-refractivity contribution in [2.24, 2.45) is 0 Å². The Morgan fingerprint density at radius 3 is 2.47 bits per heavy atom. The predicted molar refractivity (Wildman–Crippen MR) is 69.1 cm³/mol. The van der Waals surface area contributed by atoms with E-state index in [9.17, 15) is 4.79 Å². The minimum atomic E-state index is -0.727. The summed E-state index contributed by atoms with van der Waals surface area (Å²) in [5.74, 6) is -0.727. The Morgan fingerprint density at radius 1 is 1.24 bits per heavy atom. The highest BCUT2D eigenvalue weighted by Gasteiger charge is 2.09. The highest BCUT2D eigenvalue weighted by Crippen LogP contribution is 2.05. The lowest BCUT2D eigenvalue weighted by atomic mass is 10.1. The maximum atomic E-state index is 10.5. The second-order valence-corrected chi connectivity index (χ2v) is 4.59. The molecule has 0 saturated heterocycles. The summed E-state index contributed by atoms with van der Waals surface area (Å²) >= 11 is 0. The van der Waals surface area contributed by atoms with E-state index in [0.29, 0.717) is 12.5 Å². The van der Waals surface area contributed by atoms with Crippen LogP contribution in [0.2, 0.25) is 0 Å². The summed E-state index contributed by atoms with van der Waals surface area (Å²) in [5, 5.41) is 12.0. The van der Waals surface area contributed by atoms with Gasteiger partial charge in [0.05, 0.1) is 0 Å². The number of hydrogen-bond donors (Lipinski definition) is 2. The normalized spacial score (nSPS) is 14.2. The molecule has 2 N–H and O–H groups in total. The van der Waals surface area contributed by atoms with Crippen molar-refractivity contribution in [2.45, 2.75) is 45.2 Å². The second kappa shape index (κ2) is 7.07. The lowest BCUT2D eigenvalue weighted by Gasteiger charge is -2.19. The van der Waals surface area contributed by atoms with Gasteiger partial charge in [-0.15, -0.1) is 0 Å². The van der Waals surface area contributed by atoms with E-state index < -0.39 is 5.97 Å². The van der Waals surface area contributed by atoms with Crippen LogP contribution in [-0.4, -0.2) is 23.2 Å². The summed E-state index contributed by atoms with van der Waals surface area (Å²) in [6, 6.07) is 10.9. The van der Waals surface area contributed by atoms with E-state index in [4.69, 9.17) is 5.11 Å². The fraction of sp³-hybridized carbons (Fsp3) is 0.500. The van der Waals surface area contributed by atoms with Gasteiger partial charge in [-0.25, -0.2) is 0 Å². The Labute approximate surface area is 103 Å². The molecule has 0 heterocycles. The van der Waals surface area contributed by atoms with Crippen molar-refractivity contribution < 1.29 is 9.90 Å². The van der Waals surface area contributed by atoms with Crippen LogP contribution in [-0.2, 0) is 11.2 Å². The molecule has 0 aliphatic heterocycles. The zero-order valence-electron chi connectivity index (χ0n) is 10.5. The minimum Gasteiger partial charge on any atom is -0.481 e. The molecule has 0 saturated carbocycles. The van der Waals surface area contributed by atoms with Crippen LogP contribution in [0.5, 0.6) is 0 Å². The Hall–Kier alpha value is -1.35. The van der Waals surface area contributed by atoms with Crippen molar-refractivity contribution in [1.29, 1.82) is 0 Å². The van der Waals surface area contributed by atoms with Gasteiger partial charge in [-0.1, -0.05) is 30.3 Å². The van der Waals surface area contributed by atoms with Gasteiger partial charge in [0, 0.05) is 18.5 Å². The number of aliphatic carboxylic acids is 1. The van der Waals surface area contributed by atoms with Gasteiger partial charge in [0.25, 0.3) is 0 Å². The molecule has 1 rings (SSSR count). The maximum absolute atomic E-state index is 10.5. The first kappa shape index (κ1) is 13.7. The number of benzene rings is 1. The smallest absolute Gasteiger partial charge is 0.303 e. The second-order valence-electron chi connectivity index (χ2n) is 4.59. The van der Waals surface area contributed by atoms with Crippen LogP contribution < -0.4 is 5.32 Å². The summed E-state index contributed by atoms with van der Waals surface area (Å²) in [4.78, 5) is 10.5. The number of nitrogens with one attached hydrogen (secondary N) is 1. The summed E-state index contributed by atoms with van der Waals surface area (Å²) in [6.07, 6.45) is 1.87. The summed E-state index contributed by atoms with van der Waals surface area (Å²) in [6.45, 7) is 4.16. The Morgan fingerprint density at radius 2 is 1.88 bits per heavy atom. The van der Waals surface area contributed by atoms with Gasteiger partial charge < -0.3 is 10.4 Å². The first-order valence-corrected chi connectivity index (χ1v) is 6.09. The SMILES string of the molecule is CC(CCC(=O)O)NC(C)Cc1ccccc1. The molecule has 0 aliphatic carbocycles. The van der Waals surface area contributed by atoms with Crippen molar-refractivity contribution in [3.05, 3.63) is 35.9 Å². The molecule has 0 spiro atoms. The number of hydrogen-bond acceptors (Lipinski definition) is 2. The number of carbonyl (C=O) groups is 1. The number of rotatable bonds is 7. The van der Waals surface area contributed by atoms with E-state index in [1.807, 2.05) is 25.1 Å². The highest BCUT2D eigenvalue weighted by atomic mass is 16.4. The molecule has 3 heteroatoms. The van der Waals surface area contributed by atoms with Crippen LogP contribution in [0.3, 0.4) is 0 Å². The maximum Gasteiger partial charge on any atom is 0.303 e. The molecule has 0 fully saturated rings. The molecule has 0 aromatic heterocycles. The number of carboxylic acids is 1. The van der Waals surface area contributed by atoms with Crippen LogP contribution in [0.15, 0.2) is 30.3 Å². The molecule has 0 radical (unpaired) electrons. The Balaban J connectivity index is 2.29. The van der Waals surface area contributed by atoms with Crippen molar-refractivity contribution in [3.8, 4) is 0 Å². The Bertz CT molecular complexity index is 337. The van der Waals surface area contributed by atoms with E-state index in [0.717, 1.165) is 6.42 Å². The van der Waals surface area contributed by atoms with Crippen LogP contribution in [0, 0.1) is 0 Å². The van der Waals surface area contributed by atoms with Gasteiger partial charge in [0.2, 0.25) is 0 Å². The molecule has 0 amide bonds. The molecular formula is C14H21NO2. The van der Waals surface area contributed by atoms with Gasteiger partial charge in [0.1, 0.15) is 0 Å². The zero-order chi connectivity index (χ0) is 12.7. The van der Waals surface area contributed by atoms with Crippen LogP contribution in [0.1, 0.15) is 32.3 Å². The van der Waals surface area contributed by atoms with Crippen molar-refractivity contribution in [1.82, 2.24) is 5.32 Å². The molecule has 2 atom stereocenters. The Kier molecular flexibility index (Phi) is 5.70. The monoisotopic (exact) mass is 235 g/mol. The third-order valence-electron chi connectivity index (χ3n) is 2.74. The predicted octanol–water partition coefficient (Wildman–Crippen LogP) is 2.46. The van der Waals surface area contributed by atoms with Gasteiger partial charge in [-0.3, -0.25) is 4.79 Å². The molecule has 0 bridgehead atoms.